The number of amides is 1. The average molecular weight is 311 g/mol. The van der Waals surface area contributed by atoms with E-state index >= 15 is 0 Å². The minimum atomic E-state index is -0.161. The summed E-state index contributed by atoms with van der Waals surface area (Å²) in [6, 6.07) is 7.21. The van der Waals surface area contributed by atoms with Gasteiger partial charge in [-0.25, -0.2) is 4.98 Å². The number of rotatable bonds is 4. The van der Waals surface area contributed by atoms with Crippen LogP contribution in [-0.2, 0) is 11.3 Å². The highest BCUT2D eigenvalue weighted by Crippen LogP contribution is 2.47. The lowest BCUT2D eigenvalue weighted by atomic mass is 9.89. The molecule has 5 heteroatoms. The van der Waals surface area contributed by atoms with E-state index in [1.54, 1.807) is 12.1 Å². The van der Waals surface area contributed by atoms with Crippen molar-refractivity contribution in [2.45, 2.75) is 32.2 Å². The maximum atomic E-state index is 12.4. The molecule has 23 heavy (non-hydrogen) atoms. The molecule has 4 rings (SSSR count). The fourth-order valence-electron chi connectivity index (χ4n) is 4.30. The number of aromatic nitrogens is 2. The summed E-state index contributed by atoms with van der Waals surface area (Å²) < 4.78 is 1.39. The maximum Gasteiger partial charge on any atom is 0.261 e. The fraction of sp³-hybridized carbons (Fsp3) is 0.500. The van der Waals surface area contributed by atoms with Gasteiger partial charge in [-0.15, -0.1) is 0 Å². The lowest BCUT2D eigenvalue weighted by Crippen LogP contribution is -2.36. The zero-order valence-corrected chi connectivity index (χ0v) is 13.1. The van der Waals surface area contributed by atoms with Gasteiger partial charge in [0.05, 0.1) is 17.2 Å². The third kappa shape index (κ3) is 2.76. The third-order valence-corrected chi connectivity index (χ3v) is 5.49. The minimum absolute atomic E-state index is 0.0392. The molecule has 2 bridgehead atoms. The van der Waals surface area contributed by atoms with Crippen LogP contribution in [0, 0.1) is 17.8 Å². The Morgan fingerprint density at radius 2 is 2.13 bits per heavy atom. The van der Waals surface area contributed by atoms with Crippen molar-refractivity contribution in [3.63, 3.8) is 0 Å². The molecular formula is C18H21N3O2. The van der Waals surface area contributed by atoms with Crippen molar-refractivity contribution in [2.24, 2.45) is 17.8 Å². The van der Waals surface area contributed by atoms with Gasteiger partial charge in [0.15, 0.2) is 0 Å². The number of nitrogens with zero attached hydrogens (tertiary/aromatic N) is 2. The molecule has 120 valence electrons. The molecule has 1 aromatic carbocycles. The van der Waals surface area contributed by atoms with E-state index in [1.165, 1.54) is 36.6 Å². The van der Waals surface area contributed by atoms with Gasteiger partial charge >= 0.3 is 0 Å². The van der Waals surface area contributed by atoms with Gasteiger partial charge in [-0.2, -0.15) is 0 Å². The first kappa shape index (κ1) is 14.4. The minimum Gasteiger partial charge on any atom is -0.354 e. The Balaban J connectivity index is 1.41. The number of para-hydroxylation sites is 1. The molecule has 1 amide bonds. The summed E-state index contributed by atoms with van der Waals surface area (Å²) in [5, 5.41) is 3.56. The molecule has 2 aliphatic rings. The van der Waals surface area contributed by atoms with E-state index < -0.39 is 0 Å². The lowest BCUT2D eigenvalue weighted by molar-refractivity contribution is -0.122. The highest BCUT2D eigenvalue weighted by molar-refractivity contribution is 5.78. The summed E-state index contributed by atoms with van der Waals surface area (Å²) in [6.45, 7) is 0.785. The van der Waals surface area contributed by atoms with Crippen LogP contribution in [0.3, 0.4) is 0 Å². The third-order valence-electron chi connectivity index (χ3n) is 5.49. The number of carbonyl (C=O) groups is 1. The summed E-state index contributed by atoms with van der Waals surface area (Å²) in [4.78, 5) is 28.8. The summed E-state index contributed by atoms with van der Waals surface area (Å²) in [5.74, 6) is 2.20. The van der Waals surface area contributed by atoms with Gasteiger partial charge < -0.3 is 5.32 Å². The van der Waals surface area contributed by atoms with E-state index in [1.807, 2.05) is 12.1 Å². The molecule has 1 aromatic heterocycles. The standard InChI is InChI=1S/C18H21N3O2/c22-17(19-9-14-8-12-5-6-13(14)7-12)10-21-11-20-16-4-2-1-3-15(16)18(21)23/h1-4,11-14H,5-10H2,(H,19,22)/t12-,13-,14-/m0/s1. The topological polar surface area (TPSA) is 64.0 Å². The molecule has 0 saturated heterocycles. The zero-order valence-electron chi connectivity index (χ0n) is 13.1. The highest BCUT2D eigenvalue weighted by atomic mass is 16.2. The molecule has 2 aliphatic carbocycles. The number of carbonyl (C=O) groups excluding carboxylic acids is 1. The summed E-state index contributed by atoms with van der Waals surface area (Å²) in [7, 11) is 0. The van der Waals surface area contributed by atoms with Crippen LogP contribution in [0.4, 0.5) is 0 Å². The van der Waals surface area contributed by atoms with Gasteiger partial charge in [0.25, 0.3) is 5.56 Å². The zero-order chi connectivity index (χ0) is 15.8. The van der Waals surface area contributed by atoms with E-state index in [2.05, 4.69) is 10.3 Å². The summed E-state index contributed by atoms with van der Waals surface area (Å²) >= 11 is 0. The van der Waals surface area contributed by atoms with Crippen LogP contribution in [0.1, 0.15) is 25.7 Å². The molecule has 0 spiro atoms. The molecule has 0 radical (unpaired) electrons. The van der Waals surface area contributed by atoms with Crippen molar-refractivity contribution < 1.29 is 4.79 Å². The largest absolute Gasteiger partial charge is 0.354 e. The van der Waals surface area contributed by atoms with E-state index in [0.717, 1.165) is 18.4 Å². The van der Waals surface area contributed by atoms with E-state index in [9.17, 15) is 9.59 Å². The number of fused-ring (bicyclic) bond motifs is 3. The van der Waals surface area contributed by atoms with Crippen LogP contribution in [-0.4, -0.2) is 22.0 Å². The van der Waals surface area contributed by atoms with Gasteiger partial charge in [0, 0.05) is 6.54 Å². The van der Waals surface area contributed by atoms with E-state index in [-0.39, 0.29) is 18.0 Å². The molecule has 1 N–H and O–H groups in total. The number of nitrogens with one attached hydrogen (secondary N) is 1. The van der Waals surface area contributed by atoms with Gasteiger partial charge in [0.1, 0.15) is 6.54 Å². The number of hydrogen-bond donors (Lipinski definition) is 1. The second kappa shape index (κ2) is 5.80. The quantitative estimate of drug-likeness (QED) is 0.938. The number of hydrogen-bond acceptors (Lipinski definition) is 3. The van der Waals surface area contributed by atoms with Crippen LogP contribution in [0.5, 0.6) is 0 Å². The van der Waals surface area contributed by atoms with Crippen molar-refractivity contribution >= 4 is 16.8 Å². The van der Waals surface area contributed by atoms with Crippen LogP contribution in [0.25, 0.3) is 10.9 Å². The molecule has 0 aliphatic heterocycles. The maximum absolute atomic E-state index is 12.4. The first-order chi connectivity index (χ1) is 11.2. The number of benzene rings is 1. The Morgan fingerprint density at radius 1 is 1.26 bits per heavy atom. The molecular weight excluding hydrogens is 290 g/mol. The van der Waals surface area contributed by atoms with Crippen LogP contribution >= 0.6 is 0 Å². The first-order valence-corrected chi connectivity index (χ1v) is 8.41. The van der Waals surface area contributed by atoms with Crippen LogP contribution in [0.15, 0.2) is 35.4 Å². The normalized spacial score (nSPS) is 25.8. The van der Waals surface area contributed by atoms with E-state index in [0.29, 0.717) is 16.8 Å². The van der Waals surface area contributed by atoms with Crippen molar-refractivity contribution in [1.82, 2.24) is 14.9 Å². The molecule has 2 aromatic rings. The first-order valence-electron chi connectivity index (χ1n) is 8.41. The highest BCUT2D eigenvalue weighted by Gasteiger charge is 2.39. The Morgan fingerprint density at radius 3 is 2.91 bits per heavy atom. The molecule has 5 nitrogen and oxygen atoms in total. The molecule has 1 heterocycles. The Labute approximate surface area is 134 Å². The van der Waals surface area contributed by atoms with Crippen molar-refractivity contribution in [2.75, 3.05) is 6.54 Å². The van der Waals surface area contributed by atoms with Gasteiger partial charge in [0.2, 0.25) is 5.91 Å². The smallest absolute Gasteiger partial charge is 0.261 e. The molecule has 3 atom stereocenters. The van der Waals surface area contributed by atoms with Crippen molar-refractivity contribution in [1.29, 1.82) is 0 Å². The Kier molecular flexibility index (Phi) is 3.63. The second-order valence-electron chi connectivity index (χ2n) is 6.93. The van der Waals surface area contributed by atoms with Gasteiger partial charge in [-0.1, -0.05) is 18.6 Å². The Hall–Kier alpha value is -2.17. The molecule has 2 fully saturated rings. The van der Waals surface area contributed by atoms with Crippen molar-refractivity contribution in [3.8, 4) is 0 Å². The second-order valence-corrected chi connectivity index (χ2v) is 6.93. The van der Waals surface area contributed by atoms with Crippen LogP contribution in [0.2, 0.25) is 0 Å². The van der Waals surface area contributed by atoms with E-state index in [4.69, 9.17) is 0 Å². The molecule has 0 unspecified atom stereocenters. The fourth-order valence-corrected chi connectivity index (χ4v) is 4.30. The summed E-state index contributed by atoms with van der Waals surface area (Å²) in [5.41, 5.74) is 0.502. The van der Waals surface area contributed by atoms with Crippen molar-refractivity contribution in [3.05, 3.63) is 40.9 Å². The van der Waals surface area contributed by atoms with Gasteiger partial charge in [-0.05, 0) is 49.1 Å². The molecule has 2 saturated carbocycles. The lowest BCUT2D eigenvalue weighted by Gasteiger charge is -2.21. The van der Waals surface area contributed by atoms with Gasteiger partial charge in [-0.3, -0.25) is 14.2 Å². The average Bonchev–Trinajstić information content (AvgIpc) is 3.19. The summed E-state index contributed by atoms with van der Waals surface area (Å²) in [6.07, 6.45) is 6.74. The Bertz CT molecular complexity index is 798. The SMILES string of the molecule is O=C(Cn1cnc2ccccc2c1=O)NC[C@@H]1C[C@H]2CC[C@H]1C2. The predicted molar refractivity (Wildman–Crippen MR) is 88.0 cm³/mol. The van der Waals surface area contributed by atoms with Crippen LogP contribution < -0.4 is 10.9 Å². The monoisotopic (exact) mass is 311 g/mol. The predicted octanol–water partition coefficient (Wildman–Crippen LogP) is 1.95.